The molecule has 2 aromatic carbocycles. The van der Waals surface area contributed by atoms with Gasteiger partial charge < -0.3 is 5.32 Å². The molecule has 0 saturated heterocycles. The smallest absolute Gasteiger partial charge is 0.243 e. The fourth-order valence-corrected chi connectivity index (χ4v) is 5.59. The van der Waals surface area contributed by atoms with Gasteiger partial charge in [-0.25, -0.2) is 13.1 Å². The van der Waals surface area contributed by atoms with Gasteiger partial charge in [0.2, 0.25) is 15.9 Å². The molecular formula is C26H34N4O3S. The van der Waals surface area contributed by atoms with E-state index in [0.717, 1.165) is 28.2 Å². The lowest BCUT2D eigenvalue weighted by molar-refractivity contribution is -0.121. The SMILES string of the molecule is CCN(CC)S(=O)(=O)c1ccc(C(C)NC(=O)CCc2c(C)nn(-c3ccccc3)c2C)cc1. The van der Waals surface area contributed by atoms with Crippen LogP contribution in [0.1, 0.15) is 55.7 Å². The minimum Gasteiger partial charge on any atom is -0.350 e. The molecule has 7 nitrogen and oxygen atoms in total. The molecular weight excluding hydrogens is 448 g/mol. The molecule has 182 valence electrons. The summed E-state index contributed by atoms with van der Waals surface area (Å²) in [6.45, 7) is 10.4. The van der Waals surface area contributed by atoms with E-state index in [9.17, 15) is 13.2 Å². The zero-order valence-electron chi connectivity index (χ0n) is 20.6. The highest BCUT2D eigenvalue weighted by Gasteiger charge is 2.22. The standard InChI is InChI=1S/C26H34N4O3S/c1-6-29(7-2)34(32,33)24-15-13-22(14-16-24)19(3)27-26(31)18-17-25-20(4)28-30(21(25)5)23-11-9-8-10-12-23/h8-16,19H,6-7,17-18H2,1-5H3,(H,27,31). The quantitative estimate of drug-likeness (QED) is 0.466. The first-order valence-corrected chi connectivity index (χ1v) is 13.1. The lowest BCUT2D eigenvalue weighted by Gasteiger charge is -2.19. The van der Waals surface area contributed by atoms with Gasteiger partial charge in [-0.05, 0) is 62.6 Å². The summed E-state index contributed by atoms with van der Waals surface area (Å²) >= 11 is 0. The predicted molar refractivity (Wildman–Crippen MR) is 134 cm³/mol. The molecule has 0 spiro atoms. The van der Waals surface area contributed by atoms with E-state index in [4.69, 9.17) is 0 Å². The number of aryl methyl sites for hydroxylation is 1. The van der Waals surface area contributed by atoms with Crippen LogP contribution in [-0.4, -0.2) is 41.5 Å². The Balaban J connectivity index is 1.62. The van der Waals surface area contributed by atoms with Gasteiger partial charge in [0.05, 0.1) is 22.3 Å². The van der Waals surface area contributed by atoms with Gasteiger partial charge in [0.1, 0.15) is 0 Å². The highest BCUT2D eigenvalue weighted by Crippen LogP contribution is 2.21. The normalized spacial score (nSPS) is 12.6. The monoisotopic (exact) mass is 482 g/mol. The fraction of sp³-hybridized carbons (Fsp3) is 0.385. The average Bonchev–Trinajstić information content (AvgIpc) is 3.12. The third kappa shape index (κ3) is 5.56. The maximum atomic E-state index is 12.7. The number of hydrogen-bond acceptors (Lipinski definition) is 4. The van der Waals surface area contributed by atoms with Crippen molar-refractivity contribution in [3.8, 4) is 5.69 Å². The van der Waals surface area contributed by atoms with Crippen molar-refractivity contribution in [1.29, 1.82) is 0 Å². The van der Waals surface area contributed by atoms with E-state index in [-0.39, 0.29) is 16.8 Å². The van der Waals surface area contributed by atoms with Gasteiger partial charge in [0.25, 0.3) is 0 Å². The topological polar surface area (TPSA) is 84.3 Å². The Morgan fingerprint density at radius 3 is 2.24 bits per heavy atom. The second-order valence-corrected chi connectivity index (χ2v) is 10.3. The zero-order valence-corrected chi connectivity index (χ0v) is 21.4. The van der Waals surface area contributed by atoms with Crippen molar-refractivity contribution in [3.63, 3.8) is 0 Å². The Labute approximate surface area is 202 Å². The Morgan fingerprint density at radius 2 is 1.65 bits per heavy atom. The fourth-order valence-electron chi connectivity index (χ4n) is 4.13. The first-order valence-electron chi connectivity index (χ1n) is 11.7. The molecule has 8 heteroatoms. The first-order chi connectivity index (χ1) is 16.2. The average molecular weight is 483 g/mol. The molecule has 1 N–H and O–H groups in total. The van der Waals surface area contributed by atoms with Crippen LogP contribution in [0.3, 0.4) is 0 Å². The molecule has 34 heavy (non-hydrogen) atoms. The van der Waals surface area contributed by atoms with Crippen molar-refractivity contribution in [3.05, 3.63) is 77.1 Å². The van der Waals surface area contributed by atoms with E-state index >= 15 is 0 Å². The molecule has 1 aromatic heterocycles. The molecule has 0 aliphatic carbocycles. The van der Waals surface area contributed by atoms with E-state index in [1.807, 2.05) is 69.6 Å². The number of carbonyl (C=O) groups excluding carboxylic acids is 1. The van der Waals surface area contributed by atoms with Gasteiger partial charge in [-0.2, -0.15) is 9.40 Å². The van der Waals surface area contributed by atoms with Crippen molar-refractivity contribution in [2.75, 3.05) is 13.1 Å². The predicted octanol–water partition coefficient (Wildman–Crippen LogP) is 4.33. The molecule has 1 heterocycles. The molecule has 0 bridgehead atoms. The summed E-state index contributed by atoms with van der Waals surface area (Å²) < 4.78 is 28.7. The van der Waals surface area contributed by atoms with Crippen molar-refractivity contribution >= 4 is 15.9 Å². The molecule has 0 fully saturated rings. The first kappa shape index (κ1) is 25.6. The molecule has 1 amide bonds. The van der Waals surface area contributed by atoms with Crippen LogP contribution in [0.2, 0.25) is 0 Å². The number of aromatic nitrogens is 2. The summed E-state index contributed by atoms with van der Waals surface area (Å²) in [5, 5.41) is 7.67. The molecule has 0 aliphatic rings. The minimum absolute atomic E-state index is 0.0569. The summed E-state index contributed by atoms with van der Waals surface area (Å²) in [4.78, 5) is 12.9. The molecule has 0 saturated carbocycles. The van der Waals surface area contributed by atoms with E-state index in [2.05, 4.69) is 10.4 Å². The number of carbonyl (C=O) groups is 1. The van der Waals surface area contributed by atoms with Crippen molar-refractivity contribution in [2.24, 2.45) is 0 Å². The summed E-state index contributed by atoms with van der Waals surface area (Å²) in [6.07, 6.45) is 0.949. The molecule has 3 rings (SSSR count). The number of nitrogens with one attached hydrogen (secondary N) is 1. The number of amides is 1. The summed E-state index contributed by atoms with van der Waals surface area (Å²) in [5.41, 5.74) is 4.90. The van der Waals surface area contributed by atoms with Gasteiger partial charge in [-0.1, -0.05) is 44.2 Å². The van der Waals surface area contributed by atoms with Crippen LogP contribution in [0.5, 0.6) is 0 Å². The molecule has 0 radical (unpaired) electrons. The van der Waals surface area contributed by atoms with Gasteiger partial charge >= 0.3 is 0 Å². The molecule has 3 aromatic rings. The van der Waals surface area contributed by atoms with E-state index in [1.165, 1.54) is 4.31 Å². The third-order valence-electron chi connectivity index (χ3n) is 6.14. The van der Waals surface area contributed by atoms with Crippen LogP contribution >= 0.6 is 0 Å². The Hall–Kier alpha value is -2.97. The maximum Gasteiger partial charge on any atom is 0.243 e. The van der Waals surface area contributed by atoms with E-state index in [0.29, 0.717) is 25.9 Å². The molecule has 1 unspecified atom stereocenters. The minimum atomic E-state index is -3.49. The molecule has 0 aliphatic heterocycles. The number of benzene rings is 2. The van der Waals surface area contributed by atoms with Crippen LogP contribution in [0.15, 0.2) is 59.5 Å². The number of nitrogens with zero attached hydrogens (tertiary/aromatic N) is 3. The van der Waals surface area contributed by atoms with Gasteiger partial charge in [-0.15, -0.1) is 0 Å². The molecule has 1 atom stereocenters. The van der Waals surface area contributed by atoms with Crippen LogP contribution < -0.4 is 5.32 Å². The number of rotatable bonds is 10. The summed E-state index contributed by atoms with van der Waals surface area (Å²) in [5.74, 6) is -0.0569. The number of sulfonamides is 1. The second kappa shape index (κ2) is 11.0. The van der Waals surface area contributed by atoms with Gasteiger partial charge in [0, 0.05) is 25.2 Å². The summed E-state index contributed by atoms with van der Waals surface area (Å²) in [6, 6.07) is 16.5. The highest BCUT2D eigenvalue weighted by atomic mass is 32.2. The van der Waals surface area contributed by atoms with Crippen molar-refractivity contribution in [2.45, 2.75) is 58.4 Å². The lowest BCUT2D eigenvalue weighted by Crippen LogP contribution is -2.30. The Kier molecular flexibility index (Phi) is 8.28. The Morgan fingerprint density at radius 1 is 1.03 bits per heavy atom. The van der Waals surface area contributed by atoms with Crippen molar-refractivity contribution in [1.82, 2.24) is 19.4 Å². The van der Waals surface area contributed by atoms with Crippen molar-refractivity contribution < 1.29 is 13.2 Å². The second-order valence-electron chi connectivity index (χ2n) is 8.34. The van der Waals surface area contributed by atoms with Crippen LogP contribution in [0.4, 0.5) is 0 Å². The third-order valence-corrected chi connectivity index (χ3v) is 8.21. The Bertz CT molecular complexity index is 1210. The summed E-state index contributed by atoms with van der Waals surface area (Å²) in [7, 11) is -3.49. The maximum absolute atomic E-state index is 12.7. The van der Waals surface area contributed by atoms with E-state index < -0.39 is 10.0 Å². The zero-order chi connectivity index (χ0) is 24.9. The van der Waals surface area contributed by atoms with Gasteiger partial charge in [-0.3, -0.25) is 4.79 Å². The van der Waals surface area contributed by atoms with Crippen LogP contribution in [0, 0.1) is 13.8 Å². The van der Waals surface area contributed by atoms with Crippen LogP contribution in [-0.2, 0) is 21.2 Å². The van der Waals surface area contributed by atoms with Gasteiger partial charge in [0.15, 0.2) is 0 Å². The highest BCUT2D eigenvalue weighted by molar-refractivity contribution is 7.89. The van der Waals surface area contributed by atoms with Crippen LogP contribution in [0.25, 0.3) is 5.69 Å². The van der Waals surface area contributed by atoms with E-state index in [1.54, 1.807) is 24.3 Å². The lowest BCUT2D eigenvalue weighted by atomic mass is 10.1. The number of para-hydroxylation sites is 1. The number of hydrogen-bond donors (Lipinski definition) is 1. The largest absolute Gasteiger partial charge is 0.350 e.